The first-order valence-corrected chi connectivity index (χ1v) is 11.7. The van der Waals surface area contributed by atoms with Gasteiger partial charge >= 0.3 is 11.9 Å². The predicted octanol–water partition coefficient (Wildman–Crippen LogP) is 5.98. The van der Waals surface area contributed by atoms with Crippen LogP contribution in [-0.4, -0.2) is 29.2 Å². The summed E-state index contributed by atoms with van der Waals surface area (Å²) < 4.78 is 5.53. The highest BCUT2D eigenvalue weighted by Crippen LogP contribution is 2.16. The minimum atomic E-state index is -1.07. The number of carbonyl (C=O) groups is 2. The molecule has 0 aromatic carbocycles. The van der Waals surface area contributed by atoms with E-state index in [2.05, 4.69) is 13.8 Å². The maximum atomic E-state index is 11.9. The van der Waals surface area contributed by atoms with Gasteiger partial charge in [0.25, 0.3) is 0 Å². The van der Waals surface area contributed by atoms with Crippen LogP contribution in [0.1, 0.15) is 123 Å². The van der Waals surface area contributed by atoms with E-state index < -0.39 is 12.0 Å². The second-order valence-corrected chi connectivity index (χ2v) is 8.06. The fraction of sp³-hybridized carbons (Fsp3) is 0.913. The van der Waals surface area contributed by atoms with Gasteiger partial charge in [-0.05, 0) is 25.7 Å². The Labute approximate surface area is 172 Å². The van der Waals surface area contributed by atoms with Crippen LogP contribution in [0.2, 0.25) is 0 Å². The molecule has 0 amide bonds. The first-order chi connectivity index (χ1) is 13.5. The molecule has 0 saturated heterocycles. The highest BCUT2D eigenvalue weighted by Gasteiger charge is 2.17. The summed E-state index contributed by atoms with van der Waals surface area (Å²) in [5.74, 6) is -1.40. The van der Waals surface area contributed by atoms with Crippen LogP contribution >= 0.6 is 0 Å². The average molecular weight is 400 g/mol. The van der Waals surface area contributed by atoms with Crippen LogP contribution in [0.5, 0.6) is 0 Å². The molecule has 0 rings (SSSR count). The van der Waals surface area contributed by atoms with Crippen molar-refractivity contribution >= 4 is 11.9 Å². The van der Waals surface area contributed by atoms with Crippen molar-refractivity contribution in [1.82, 2.24) is 0 Å². The highest BCUT2D eigenvalue weighted by molar-refractivity contribution is 5.75. The van der Waals surface area contributed by atoms with E-state index in [0.717, 1.165) is 25.7 Å². The van der Waals surface area contributed by atoms with Gasteiger partial charge in [-0.25, -0.2) is 0 Å². The van der Waals surface area contributed by atoms with E-state index in [0.29, 0.717) is 0 Å². The van der Waals surface area contributed by atoms with Crippen LogP contribution in [0.25, 0.3) is 0 Å². The SMILES string of the molecule is CCCCCCCCCCCCCCC(CCC)OC(=O)CC[C@H](N)C(=O)O. The zero-order valence-electron chi connectivity index (χ0n) is 18.4. The Morgan fingerprint density at radius 2 is 1.25 bits per heavy atom. The minimum absolute atomic E-state index is 0.0401. The molecule has 166 valence electrons. The molecular weight excluding hydrogens is 354 g/mol. The highest BCUT2D eigenvalue weighted by atomic mass is 16.5. The second kappa shape index (κ2) is 19.2. The summed E-state index contributed by atoms with van der Waals surface area (Å²) in [6.07, 6.45) is 18.7. The third kappa shape index (κ3) is 17.0. The number of ether oxygens (including phenoxy) is 1. The molecule has 0 aromatic rings. The molecule has 0 saturated carbocycles. The van der Waals surface area contributed by atoms with Crippen molar-refractivity contribution in [3.63, 3.8) is 0 Å². The molecule has 0 aromatic heterocycles. The molecule has 0 radical (unpaired) electrons. The van der Waals surface area contributed by atoms with Crippen LogP contribution in [0.4, 0.5) is 0 Å². The Morgan fingerprint density at radius 1 is 0.750 bits per heavy atom. The number of carboxylic acid groups (broad SMARTS) is 1. The van der Waals surface area contributed by atoms with Crippen molar-refractivity contribution < 1.29 is 19.4 Å². The quantitative estimate of drug-likeness (QED) is 0.194. The summed E-state index contributed by atoms with van der Waals surface area (Å²) in [7, 11) is 0. The Kier molecular flexibility index (Phi) is 18.5. The molecule has 5 nitrogen and oxygen atoms in total. The normalized spacial score (nSPS) is 13.2. The molecule has 0 bridgehead atoms. The lowest BCUT2D eigenvalue weighted by Gasteiger charge is -2.17. The van der Waals surface area contributed by atoms with Gasteiger partial charge in [0.2, 0.25) is 0 Å². The van der Waals surface area contributed by atoms with Crippen LogP contribution in [0.3, 0.4) is 0 Å². The molecule has 5 heteroatoms. The Morgan fingerprint density at radius 3 is 1.71 bits per heavy atom. The summed E-state index contributed by atoms with van der Waals surface area (Å²) in [6, 6.07) is -0.992. The first-order valence-electron chi connectivity index (χ1n) is 11.7. The van der Waals surface area contributed by atoms with Gasteiger partial charge in [0.05, 0.1) is 0 Å². The van der Waals surface area contributed by atoms with Crippen LogP contribution in [0, 0.1) is 0 Å². The fourth-order valence-electron chi connectivity index (χ4n) is 3.44. The van der Waals surface area contributed by atoms with Crippen LogP contribution in [-0.2, 0) is 14.3 Å². The number of aliphatic carboxylic acids is 1. The summed E-state index contributed by atoms with van der Waals surface area (Å²) in [5.41, 5.74) is 5.43. The van der Waals surface area contributed by atoms with Crippen LogP contribution in [0.15, 0.2) is 0 Å². The smallest absolute Gasteiger partial charge is 0.320 e. The van der Waals surface area contributed by atoms with Gasteiger partial charge in [0, 0.05) is 6.42 Å². The van der Waals surface area contributed by atoms with Gasteiger partial charge in [-0.1, -0.05) is 90.9 Å². The number of unbranched alkanes of at least 4 members (excludes halogenated alkanes) is 11. The Hall–Kier alpha value is -1.10. The van der Waals surface area contributed by atoms with Gasteiger partial charge in [-0.15, -0.1) is 0 Å². The maximum absolute atomic E-state index is 11.9. The van der Waals surface area contributed by atoms with E-state index in [4.69, 9.17) is 15.6 Å². The number of nitrogens with two attached hydrogens (primary N) is 1. The van der Waals surface area contributed by atoms with Crippen molar-refractivity contribution in [2.24, 2.45) is 5.73 Å². The van der Waals surface area contributed by atoms with Gasteiger partial charge < -0.3 is 15.6 Å². The summed E-state index contributed by atoms with van der Waals surface area (Å²) in [6.45, 7) is 4.34. The molecular formula is C23H45NO4. The van der Waals surface area contributed by atoms with Gasteiger partial charge in [-0.3, -0.25) is 9.59 Å². The van der Waals surface area contributed by atoms with E-state index in [1.54, 1.807) is 0 Å². The molecule has 0 aliphatic carbocycles. The molecule has 3 N–H and O–H groups in total. The van der Waals surface area contributed by atoms with E-state index >= 15 is 0 Å². The number of carboxylic acids is 1. The van der Waals surface area contributed by atoms with Gasteiger partial charge in [0.15, 0.2) is 0 Å². The molecule has 0 spiro atoms. The first kappa shape index (κ1) is 26.9. The van der Waals surface area contributed by atoms with Crippen LogP contribution < -0.4 is 5.73 Å². The van der Waals surface area contributed by atoms with E-state index in [-0.39, 0.29) is 24.9 Å². The van der Waals surface area contributed by atoms with E-state index in [1.165, 1.54) is 70.6 Å². The molecule has 2 atom stereocenters. The molecule has 0 aliphatic heterocycles. The molecule has 0 fully saturated rings. The maximum Gasteiger partial charge on any atom is 0.320 e. The largest absolute Gasteiger partial charge is 0.480 e. The van der Waals surface area contributed by atoms with E-state index in [9.17, 15) is 9.59 Å². The van der Waals surface area contributed by atoms with Gasteiger partial charge in [0.1, 0.15) is 12.1 Å². The third-order valence-corrected chi connectivity index (χ3v) is 5.27. The number of hydrogen-bond acceptors (Lipinski definition) is 4. The fourth-order valence-corrected chi connectivity index (χ4v) is 3.44. The Balaban J connectivity index is 3.67. The van der Waals surface area contributed by atoms with Crippen molar-refractivity contribution in [3.05, 3.63) is 0 Å². The van der Waals surface area contributed by atoms with Crippen molar-refractivity contribution in [2.45, 2.75) is 135 Å². The molecule has 28 heavy (non-hydrogen) atoms. The average Bonchev–Trinajstić information content (AvgIpc) is 2.66. The van der Waals surface area contributed by atoms with E-state index in [1.807, 2.05) is 0 Å². The second-order valence-electron chi connectivity index (χ2n) is 8.06. The summed E-state index contributed by atoms with van der Waals surface area (Å²) >= 11 is 0. The molecule has 0 heterocycles. The topological polar surface area (TPSA) is 89.6 Å². The lowest BCUT2D eigenvalue weighted by atomic mass is 10.0. The van der Waals surface area contributed by atoms with Gasteiger partial charge in [-0.2, -0.15) is 0 Å². The summed E-state index contributed by atoms with van der Waals surface area (Å²) in [4.78, 5) is 22.6. The zero-order chi connectivity index (χ0) is 21.0. The van der Waals surface area contributed by atoms with Crippen molar-refractivity contribution in [3.8, 4) is 0 Å². The number of hydrogen-bond donors (Lipinski definition) is 2. The number of esters is 1. The number of carbonyl (C=O) groups excluding carboxylic acids is 1. The number of rotatable bonds is 20. The Bertz CT molecular complexity index is 387. The third-order valence-electron chi connectivity index (χ3n) is 5.27. The standard InChI is InChI=1S/C23H45NO4/c1-3-5-6-7-8-9-10-11-12-13-14-15-17-20(16-4-2)28-22(25)19-18-21(24)23(26)27/h20-21H,3-19,24H2,1-2H3,(H,26,27)/t20?,21-/m0/s1. The lowest BCUT2D eigenvalue weighted by Crippen LogP contribution is -2.31. The molecule has 1 unspecified atom stereocenters. The lowest BCUT2D eigenvalue weighted by molar-refractivity contribution is -0.150. The summed E-state index contributed by atoms with van der Waals surface area (Å²) in [5, 5.41) is 8.76. The zero-order valence-corrected chi connectivity index (χ0v) is 18.4. The van der Waals surface area contributed by atoms with Crippen molar-refractivity contribution in [2.75, 3.05) is 0 Å². The minimum Gasteiger partial charge on any atom is -0.480 e. The monoisotopic (exact) mass is 399 g/mol. The molecule has 0 aliphatic rings. The van der Waals surface area contributed by atoms with Crippen molar-refractivity contribution in [1.29, 1.82) is 0 Å². The predicted molar refractivity (Wildman–Crippen MR) is 115 cm³/mol.